The highest BCUT2D eigenvalue weighted by Crippen LogP contribution is 2.46. The minimum atomic E-state index is 0.722. The number of fused-ring (bicyclic) bond motifs is 10. The van der Waals surface area contributed by atoms with Crippen molar-refractivity contribution in [2.75, 3.05) is 0 Å². The molecule has 57 heavy (non-hydrogen) atoms. The lowest BCUT2D eigenvalue weighted by molar-refractivity contribution is 1.19. The van der Waals surface area contributed by atoms with Crippen molar-refractivity contribution in [2.24, 2.45) is 0 Å². The van der Waals surface area contributed by atoms with Crippen LogP contribution >= 0.6 is 22.7 Å². The van der Waals surface area contributed by atoms with Crippen LogP contribution in [0.1, 0.15) is 0 Å². The van der Waals surface area contributed by atoms with Gasteiger partial charge in [-0.3, -0.25) is 0 Å². The number of rotatable bonds is 5. The molecule has 12 rings (SSSR count). The van der Waals surface area contributed by atoms with Crippen LogP contribution < -0.4 is 0 Å². The molecular formula is C52H31N3S2. The molecule has 0 amide bonds. The van der Waals surface area contributed by atoms with E-state index >= 15 is 0 Å². The van der Waals surface area contributed by atoms with Crippen LogP contribution in [0.4, 0.5) is 0 Å². The van der Waals surface area contributed by atoms with E-state index in [2.05, 4.69) is 193 Å². The molecule has 0 bridgehead atoms. The molecular weight excluding hydrogens is 731 g/mol. The minimum Gasteiger partial charge on any atom is -0.308 e. The molecule has 4 heterocycles. The summed E-state index contributed by atoms with van der Waals surface area (Å²) in [7, 11) is 0. The first kappa shape index (κ1) is 32.3. The molecule has 0 aliphatic rings. The largest absolute Gasteiger partial charge is 0.308 e. The van der Waals surface area contributed by atoms with Crippen LogP contribution in [0.15, 0.2) is 188 Å². The zero-order valence-corrected chi connectivity index (χ0v) is 32.2. The van der Waals surface area contributed by atoms with Gasteiger partial charge in [0.15, 0.2) is 5.82 Å². The number of hydrogen-bond acceptors (Lipinski definition) is 4. The topological polar surface area (TPSA) is 30.7 Å². The number of nitrogens with zero attached hydrogens (tertiary/aromatic N) is 3. The molecule has 4 aromatic heterocycles. The quantitative estimate of drug-likeness (QED) is 0.175. The molecule has 0 saturated heterocycles. The third-order valence-electron chi connectivity index (χ3n) is 11.2. The van der Waals surface area contributed by atoms with Gasteiger partial charge in [0.25, 0.3) is 0 Å². The summed E-state index contributed by atoms with van der Waals surface area (Å²) in [4.78, 5) is 10.8. The van der Waals surface area contributed by atoms with Crippen molar-refractivity contribution in [1.82, 2.24) is 14.5 Å². The molecule has 0 aliphatic heterocycles. The normalized spacial score (nSPS) is 11.9. The maximum atomic E-state index is 5.43. The van der Waals surface area contributed by atoms with Crippen molar-refractivity contribution in [1.29, 1.82) is 0 Å². The Bertz CT molecular complexity index is 3520. The Balaban J connectivity index is 1.11. The number of aromatic nitrogens is 3. The van der Waals surface area contributed by atoms with Gasteiger partial charge in [0.05, 0.1) is 27.1 Å². The van der Waals surface area contributed by atoms with E-state index in [1.807, 2.05) is 22.7 Å². The lowest BCUT2D eigenvalue weighted by atomic mass is 10.00. The zero-order valence-electron chi connectivity index (χ0n) is 30.6. The van der Waals surface area contributed by atoms with Gasteiger partial charge >= 0.3 is 0 Å². The molecule has 0 fully saturated rings. The monoisotopic (exact) mass is 761 g/mol. The van der Waals surface area contributed by atoms with Crippen LogP contribution in [0.3, 0.4) is 0 Å². The third-order valence-corrected chi connectivity index (χ3v) is 13.6. The van der Waals surface area contributed by atoms with Gasteiger partial charge in [0.2, 0.25) is 0 Å². The van der Waals surface area contributed by atoms with Crippen LogP contribution in [0.2, 0.25) is 0 Å². The van der Waals surface area contributed by atoms with Gasteiger partial charge in [0.1, 0.15) is 0 Å². The Kier molecular flexibility index (Phi) is 7.27. The number of thiophene rings is 2. The van der Waals surface area contributed by atoms with Crippen LogP contribution in [0.25, 0.3) is 113 Å². The zero-order chi connectivity index (χ0) is 37.5. The van der Waals surface area contributed by atoms with Gasteiger partial charge in [-0.15, -0.1) is 22.7 Å². The standard InChI is InChI=1S/C52H31N3S2/c1-3-13-32(14-4-1)33-15-11-16-34(29-33)44-31-45(35-25-28-48-43(30-35)38-20-8-10-24-47(38)56-48)54-52(53-44)42-22-12-21-40-41-27-26-39-37-19-7-9-23-46(37)55(36-17-5-2-6-18-36)49(39)51(41)57-50(40)42/h1-31H. The third kappa shape index (κ3) is 5.17. The van der Waals surface area contributed by atoms with Crippen molar-refractivity contribution in [3.8, 4) is 50.7 Å². The van der Waals surface area contributed by atoms with Gasteiger partial charge in [-0.2, -0.15) is 0 Å². The Morgan fingerprint density at radius 3 is 1.86 bits per heavy atom. The summed E-state index contributed by atoms with van der Waals surface area (Å²) in [5, 5.41) is 7.50. The lowest BCUT2D eigenvalue weighted by Gasteiger charge is -2.11. The molecule has 0 atom stereocenters. The van der Waals surface area contributed by atoms with E-state index < -0.39 is 0 Å². The maximum absolute atomic E-state index is 5.43. The Labute approximate surface area is 336 Å². The smallest absolute Gasteiger partial charge is 0.161 e. The lowest BCUT2D eigenvalue weighted by Crippen LogP contribution is -1.96. The maximum Gasteiger partial charge on any atom is 0.161 e. The van der Waals surface area contributed by atoms with Gasteiger partial charge in [-0.05, 0) is 65.7 Å². The number of benzene rings is 8. The summed E-state index contributed by atoms with van der Waals surface area (Å²) in [5.74, 6) is 0.722. The summed E-state index contributed by atoms with van der Waals surface area (Å²) in [6.07, 6.45) is 0. The molecule has 266 valence electrons. The first-order valence-electron chi connectivity index (χ1n) is 19.1. The molecule has 0 N–H and O–H groups in total. The second-order valence-corrected chi connectivity index (χ2v) is 16.6. The summed E-state index contributed by atoms with van der Waals surface area (Å²) in [6, 6.07) is 67.6. The van der Waals surface area contributed by atoms with E-state index in [1.54, 1.807) is 0 Å². The molecule has 0 aliphatic carbocycles. The highest BCUT2D eigenvalue weighted by Gasteiger charge is 2.21. The molecule has 3 nitrogen and oxygen atoms in total. The second-order valence-electron chi connectivity index (χ2n) is 14.5. The molecule has 0 radical (unpaired) electrons. The van der Waals surface area contributed by atoms with E-state index in [9.17, 15) is 0 Å². The van der Waals surface area contributed by atoms with Gasteiger partial charge < -0.3 is 4.57 Å². The minimum absolute atomic E-state index is 0.722. The van der Waals surface area contributed by atoms with Crippen molar-refractivity contribution in [2.45, 2.75) is 0 Å². The first-order chi connectivity index (χ1) is 28.2. The van der Waals surface area contributed by atoms with Crippen LogP contribution in [0, 0.1) is 0 Å². The average Bonchev–Trinajstić information content (AvgIpc) is 3.96. The van der Waals surface area contributed by atoms with E-state index in [0.717, 1.165) is 45.2 Å². The fourth-order valence-corrected chi connectivity index (χ4v) is 11.0. The number of para-hydroxylation sites is 2. The molecule has 0 unspecified atom stereocenters. The molecule has 0 saturated carbocycles. The van der Waals surface area contributed by atoms with Crippen molar-refractivity contribution >= 4 is 84.8 Å². The SMILES string of the molecule is c1ccc(-c2cccc(-c3cc(-c4ccc5sc6ccccc6c5c4)nc(-c4cccc5c4sc4c5ccc5c6ccccc6n(-c6ccccc6)c54)n3)c2)cc1. The Morgan fingerprint density at radius 2 is 1.00 bits per heavy atom. The Hall–Kier alpha value is -6.92. The van der Waals surface area contributed by atoms with Gasteiger partial charge in [-0.25, -0.2) is 9.97 Å². The summed E-state index contributed by atoms with van der Waals surface area (Å²) < 4.78 is 7.45. The summed E-state index contributed by atoms with van der Waals surface area (Å²) in [6.45, 7) is 0. The predicted octanol–water partition coefficient (Wildman–Crippen LogP) is 15.0. The molecule has 5 heteroatoms. The van der Waals surface area contributed by atoms with E-state index in [-0.39, 0.29) is 0 Å². The summed E-state index contributed by atoms with van der Waals surface area (Å²) in [5.41, 5.74) is 10.9. The number of hydrogen-bond donors (Lipinski definition) is 0. The fraction of sp³-hybridized carbons (Fsp3) is 0. The predicted molar refractivity (Wildman–Crippen MR) is 244 cm³/mol. The molecule has 8 aromatic carbocycles. The molecule has 12 aromatic rings. The fourth-order valence-electron chi connectivity index (χ4n) is 8.56. The average molecular weight is 762 g/mol. The molecule has 0 spiro atoms. The van der Waals surface area contributed by atoms with Crippen LogP contribution in [-0.2, 0) is 0 Å². The van der Waals surface area contributed by atoms with Crippen LogP contribution in [-0.4, -0.2) is 14.5 Å². The van der Waals surface area contributed by atoms with Crippen molar-refractivity contribution < 1.29 is 0 Å². The highest BCUT2D eigenvalue weighted by molar-refractivity contribution is 7.27. The van der Waals surface area contributed by atoms with Gasteiger partial charge in [0, 0.05) is 68.8 Å². The highest BCUT2D eigenvalue weighted by atomic mass is 32.1. The van der Waals surface area contributed by atoms with E-state index in [1.165, 1.54) is 67.7 Å². The summed E-state index contributed by atoms with van der Waals surface area (Å²) >= 11 is 3.68. The van der Waals surface area contributed by atoms with Crippen molar-refractivity contribution in [3.05, 3.63) is 188 Å². The van der Waals surface area contributed by atoms with E-state index in [4.69, 9.17) is 9.97 Å². The second kappa shape index (κ2) is 12.8. The van der Waals surface area contributed by atoms with Gasteiger partial charge in [-0.1, -0.05) is 133 Å². The Morgan fingerprint density at radius 1 is 0.368 bits per heavy atom. The van der Waals surface area contributed by atoms with Crippen molar-refractivity contribution in [3.63, 3.8) is 0 Å². The van der Waals surface area contributed by atoms with E-state index in [0.29, 0.717) is 0 Å². The first-order valence-corrected chi connectivity index (χ1v) is 20.8. The van der Waals surface area contributed by atoms with Crippen LogP contribution in [0.5, 0.6) is 0 Å².